The third kappa shape index (κ3) is 3.27. The van der Waals surface area contributed by atoms with Gasteiger partial charge in [0.15, 0.2) is 0 Å². The topological polar surface area (TPSA) is 79.5 Å². The lowest BCUT2D eigenvalue weighted by Crippen LogP contribution is -2.27. The number of carbonyl (C=O) groups is 2. The number of carboxylic acids is 1. The number of rotatable bonds is 6. The number of nitrogens with one attached hydrogen (secondary N) is 1. The van der Waals surface area contributed by atoms with Crippen molar-refractivity contribution in [3.8, 4) is 0 Å². The van der Waals surface area contributed by atoms with Crippen LogP contribution in [0.4, 0.5) is 0 Å². The first-order valence-corrected chi connectivity index (χ1v) is 4.79. The van der Waals surface area contributed by atoms with Crippen molar-refractivity contribution >= 4 is 11.9 Å². The van der Waals surface area contributed by atoms with Gasteiger partial charge in [-0.3, -0.25) is 9.59 Å². The molecule has 1 rings (SSSR count). The Morgan fingerprint density at radius 2 is 2.38 bits per heavy atom. The highest BCUT2D eigenvalue weighted by Crippen LogP contribution is 2.20. The lowest BCUT2D eigenvalue weighted by Gasteiger charge is -2.08. The van der Waals surface area contributed by atoms with Gasteiger partial charge in [0.25, 0.3) is 0 Å². The van der Waals surface area contributed by atoms with Gasteiger partial charge >= 0.3 is 5.97 Å². The van der Waals surface area contributed by atoms with Crippen LogP contribution in [0.5, 0.6) is 0 Å². The molecule has 1 atom stereocenters. The van der Waals surface area contributed by atoms with Crippen LogP contribution in [0.15, 0.2) is 35.5 Å². The maximum Gasteiger partial charge on any atom is 0.314 e. The second-order valence-electron chi connectivity index (χ2n) is 3.20. The summed E-state index contributed by atoms with van der Waals surface area (Å²) in [5.41, 5.74) is 0. The van der Waals surface area contributed by atoms with Crippen molar-refractivity contribution < 1.29 is 19.1 Å². The average molecular weight is 223 g/mol. The lowest BCUT2D eigenvalue weighted by atomic mass is 10.0. The molecule has 0 saturated carbocycles. The third-order valence-corrected chi connectivity index (χ3v) is 2.02. The molecule has 1 aromatic rings. The molecule has 1 amide bonds. The number of aliphatic carboxylic acids is 1. The highest BCUT2D eigenvalue weighted by molar-refractivity contribution is 5.85. The third-order valence-electron chi connectivity index (χ3n) is 2.02. The molecule has 86 valence electrons. The van der Waals surface area contributed by atoms with E-state index in [4.69, 9.17) is 9.52 Å². The van der Waals surface area contributed by atoms with Crippen LogP contribution in [-0.4, -0.2) is 23.5 Å². The summed E-state index contributed by atoms with van der Waals surface area (Å²) in [4.78, 5) is 22.3. The minimum Gasteiger partial charge on any atom is -0.481 e. The minimum absolute atomic E-state index is 0.142. The molecule has 0 bridgehead atoms. The normalized spacial score (nSPS) is 11.8. The van der Waals surface area contributed by atoms with E-state index in [0.29, 0.717) is 6.54 Å². The van der Waals surface area contributed by atoms with Crippen molar-refractivity contribution in [3.63, 3.8) is 0 Å². The molecule has 0 aliphatic carbocycles. The summed E-state index contributed by atoms with van der Waals surface area (Å²) < 4.78 is 4.98. The van der Waals surface area contributed by atoms with Gasteiger partial charge in [0, 0.05) is 13.0 Å². The molecule has 2 N–H and O–H groups in total. The number of amides is 1. The minimum atomic E-state index is -1.08. The number of furan rings is 1. The first-order chi connectivity index (χ1) is 7.65. The second kappa shape index (κ2) is 5.75. The van der Waals surface area contributed by atoms with Crippen LogP contribution < -0.4 is 5.32 Å². The fourth-order valence-electron chi connectivity index (χ4n) is 1.24. The predicted molar refractivity (Wildman–Crippen MR) is 56.9 cm³/mol. The second-order valence-corrected chi connectivity index (χ2v) is 3.20. The number of carbonyl (C=O) groups excluding carboxylic acids is 1. The van der Waals surface area contributed by atoms with E-state index in [1.165, 1.54) is 12.3 Å². The smallest absolute Gasteiger partial charge is 0.314 e. The van der Waals surface area contributed by atoms with Crippen LogP contribution in [0.2, 0.25) is 0 Å². The van der Waals surface area contributed by atoms with Crippen LogP contribution in [0.3, 0.4) is 0 Å². The van der Waals surface area contributed by atoms with Crippen LogP contribution in [0, 0.1) is 0 Å². The zero-order chi connectivity index (χ0) is 12.0. The Labute approximate surface area is 92.8 Å². The largest absolute Gasteiger partial charge is 0.481 e. The summed E-state index contributed by atoms with van der Waals surface area (Å²) in [5.74, 6) is -2.09. The van der Waals surface area contributed by atoms with Crippen LogP contribution in [0.1, 0.15) is 18.1 Å². The van der Waals surface area contributed by atoms with E-state index in [9.17, 15) is 9.59 Å². The van der Waals surface area contributed by atoms with Gasteiger partial charge < -0.3 is 14.8 Å². The van der Waals surface area contributed by atoms with Crippen LogP contribution >= 0.6 is 0 Å². The maximum absolute atomic E-state index is 11.3. The molecule has 5 nitrogen and oxygen atoms in total. The van der Waals surface area contributed by atoms with Crippen molar-refractivity contribution in [3.05, 3.63) is 36.8 Å². The van der Waals surface area contributed by atoms with Crippen LogP contribution in [0.25, 0.3) is 0 Å². The SMILES string of the molecule is C=CCNC(=O)CC(C(=O)O)c1ccco1. The molecule has 0 aromatic carbocycles. The lowest BCUT2D eigenvalue weighted by molar-refractivity contribution is -0.141. The molecule has 1 aromatic heterocycles. The fourth-order valence-corrected chi connectivity index (χ4v) is 1.24. The maximum atomic E-state index is 11.3. The molecule has 0 fully saturated rings. The van der Waals surface area contributed by atoms with E-state index in [0.717, 1.165) is 0 Å². The standard InChI is InChI=1S/C11H13NO4/c1-2-5-12-10(13)7-8(11(14)15)9-4-3-6-16-9/h2-4,6,8H,1,5,7H2,(H,12,13)(H,14,15). The quantitative estimate of drug-likeness (QED) is 0.709. The summed E-state index contributed by atoms with van der Waals surface area (Å²) in [6.45, 7) is 3.77. The van der Waals surface area contributed by atoms with Gasteiger partial charge in [0.05, 0.1) is 6.26 Å². The summed E-state index contributed by atoms with van der Waals surface area (Å²) in [7, 11) is 0. The van der Waals surface area contributed by atoms with Gasteiger partial charge in [0.1, 0.15) is 11.7 Å². The summed E-state index contributed by atoms with van der Waals surface area (Å²) in [6, 6.07) is 3.13. The first kappa shape index (κ1) is 12.0. The molecular weight excluding hydrogens is 210 g/mol. The van der Waals surface area contributed by atoms with E-state index >= 15 is 0 Å². The van der Waals surface area contributed by atoms with Crippen molar-refractivity contribution in [2.45, 2.75) is 12.3 Å². The molecule has 0 aliphatic heterocycles. The molecule has 16 heavy (non-hydrogen) atoms. The van der Waals surface area contributed by atoms with Gasteiger partial charge in [0.2, 0.25) is 5.91 Å². The van der Waals surface area contributed by atoms with E-state index in [2.05, 4.69) is 11.9 Å². The van der Waals surface area contributed by atoms with Crippen molar-refractivity contribution in [2.24, 2.45) is 0 Å². The van der Waals surface area contributed by atoms with Gasteiger partial charge in [-0.1, -0.05) is 6.08 Å². The zero-order valence-corrected chi connectivity index (χ0v) is 8.68. The Bertz CT molecular complexity index is 369. The van der Waals surface area contributed by atoms with E-state index < -0.39 is 11.9 Å². The van der Waals surface area contributed by atoms with Gasteiger partial charge in [-0.05, 0) is 12.1 Å². The molecule has 0 aliphatic rings. The molecule has 5 heteroatoms. The Kier molecular flexibility index (Phi) is 4.32. The molecule has 1 heterocycles. The Morgan fingerprint density at radius 3 is 2.88 bits per heavy atom. The summed E-state index contributed by atoms with van der Waals surface area (Å²) in [5, 5.41) is 11.5. The Balaban J connectivity index is 2.63. The Morgan fingerprint density at radius 1 is 1.62 bits per heavy atom. The summed E-state index contributed by atoms with van der Waals surface area (Å²) in [6.07, 6.45) is 2.77. The molecule has 0 spiro atoms. The van der Waals surface area contributed by atoms with Gasteiger partial charge in [-0.15, -0.1) is 6.58 Å². The monoisotopic (exact) mass is 223 g/mol. The zero-order valence-electron chi connectivity index (χ0n) is 8.68. The Hall–Kier alpha value is -2.04. The predicted octanol–water partition coefficient (Wildman–Crippen LogP) is 1.14. The fraction of sp³-hybridized carbons (Fsp3) is 0.273. The number of carboxylic acid groups (broad SMARTS) is 1. The molecular formula is C11H13NO4. The van der Waals surface area contributed by atoms with Gasteiger partial charge in [-0.2, -0.15) is 0 Å². The number of hydrogen-bond donors (Lipinski definition) is 2. The molecule has 0 radical (unpaired) electrons. The molecule has 1 unspecified atom stereocenters. The van der Waals surface area contributed by atoms with E-state index in [1.807, 2.05) is 0 Å². The van der Waals surface area contributed by atoms with Gasteiger partial charge in [-0.25, -0.2) is 0 Å². The van der Waals surface area contributed by atoms with Crippen molar-refractivity contribution in [1.82, 2.24) is 5.32 Å². The summed E-state index contributed by atoms with van der Waals surface area (Å²) >= 11 is 0. The van der Waals surface area contributed by atoms with Crippen molar-refractivity contribution in [1.29, 1.82) is 0 Å². The highest BCUT2D eigenvalue weighted by atomic mass is 16.4. The highest BCUT2D eigenvalue weighted by Gasteiger charge is 2.25. The first-order valence-electron chi connectivity index (χ1n) is 4.79. The molecule has 0 saturated heterocycles. The van der Waals surface area contributed by atoms with E-state index in [1.54, 1.807) is 12.1 Å². The number of hydrogen-bond acceptors (Lipinski definition) is 3. The van der Waals surface area contributed by atoms with Crippen molar-refractivity contribution in [2.75, 3.05) is 6.54 Å². The van der Waals surface area contributed by atoms with Crippen LogP contribution in [-0.2, 0) is 9.59 Å². The average Bonchev–Trinajstić information content (AvgIpc) is 2.75. The van der Waals surface area contributed by atoms with E-state index in [-0.39, 0.29) is 18.1 Å².